The molecule has 6 aromatic heterocycles. The Hall–Kier alpha value is -11.2. The van der Waals surface area contributed by atoms with Crippen LogP contribution in [0.15, 0.2) is 207 Å². The number of rotatable bonds is 16. The minimum Gasteiger partial charge on any atom is -0.497 e. The number of fused-ring (bicyclic) bond motifs is 3. The highest BCUT2D eigenvalue weighted by Gasteiger charge is 2.28. The number of nitrogens with zero attached hydrogens (tertiary/aromatic N) is 9. The fourth-order valence-corrected chi connectivity index (χ4v) is 10.4. The molecule has 29 heteroatoms. The van der Waals surface area contributed by atoms with Gasteiger partial charge in [-0.1, -0.05) is 48.2 Å². The largest absolute Gasteiger partial charge is 0.497 e. The number of pyridine rings is 3. The molecule has 6 heterocycles. The van der Waals surface area contributed by atoms with E-state index in [2.05, 4.69) is 41.0 Å². The Labute approximate surface area is 561 Å². The van der Waals surface area contributed by atoms with Crippen molar-refractivity contribution in [3.05, 3.63) is 214 Å². The molecule has 0 saturated heterocycles. The summed E-state index contributed by atoms with van der Waals surface area (Å²) < 4.78 is 118. The van der Waals surface area contributed by atoms with Crippen LogP contribution in [-0.2, 0) is 10.8 Å². The first-order chi connectivity index (χ1) is 47.0. The van der Waals surface area contributed by atoms with Gasteiger partial charge in [-0.15, -0.1) is 0 Å². The first-order valence-corrected chi connectivity index (χ1v) is 31.9. The van der Waals surface area contributed by atoms with Crippen LogP contribution in [-0.4, -0.2) is 128 Å². The molecular formula is C69H61F6N11O10S2. The van der Waals surface area contributed by atoms with Crippen molar-refractivity contribution in [2.24, 2.45) is 5.73 Å². The average molecular weight is 1380 g/mol. The molecule has 0 bridgehead atoms. The number of ether oxygens (including phenoxy) is 6. The zero-order valence-electron chi connectivity index (χ0n) is 53.5. The molecule has 98 heavy (non-hydrogen) atoms. The number of thioether (sulfide) groups is 1. The molecular weight excluding hydrogens is 1320 g/mol. The zero-order valence-corrected chi connectivity index (χ0v) is 55.1. The third kappa shape index (κ3) is 17.1. The van der Waals surface area contributed by atoms with Gasteiger partial charge in [0, 0.05) is 76.7 Å². The molecule has 0 radical (unpaired) electrons. The number of methoxy groups -OCH3 is 6. The second-order valence-corrected chi connectivity index (χ2v) is 22.7. The molecule has 21 nitrogen and oxygen atoms in total. The third-order valence-corrected chi connectivity index (χ3v) is 15.8. The molecule has 12 aromatic rings. The zero-order chi connectivity index (χ0) is 70.4. The van der Waals surface area contributed by atoms with Crippen molar-refractivity contribution in [3.8, 4) is 84.9 Å². The fourth-order valence-electron chi connectivity index (χ4n) is 9.64. The van der Waals surface area contributed by atoms with Gasteiger partial charge in [0.2, 0.25) is 11.1 Å². The number of halogens is 6. The minimum absolute atomic E-state index is 0.154. The van der Waals surface area contributed by atoms with Crippen molar-refractivity contribution in [1.82, 2.24) is 43.6 Å². The summed E-state index contributed by atoms with van der Waals surface area (Å²) in [5, 5.41) is 4.88. The fraction of sp³-hybridized carbons (Fsp3) is 0.174. The number of anilines is 1. The molecule has 506 valence electrons. The Balaban J connectivity index is 0.000000165. The van der Waals surface area contributed by atoms with Crippen LogP contribution in [0.5, 0.6) is 34.5 Å². The van der Waals surface area contributed by atoms with Gasteiger partial charge in [-0.2, -0.15) is 26.3 Å². The summed E-state index contributed by atoms with van der Waals surface area (Å²) in [6, 6.07) is 42.8. The Morgan fingerprint density at radius 1 is 0.449 bits per heavy atom. The van der Waals surface area contributed by atoms with Gasteiger partial charge in [-0.25, -0.2) is 29.9 Å². The van der Waals surface area contributed by atoms with Gasteiger partial charge in [-0.3, -0.25) is 32.3 Å². The number of hydrogen-bond acceptors (Lipinski definition) is 19. The molecule has 0 saturated carbocycles. The quantitative estimate of drug-likeness (QED) is 0.0518. The maximum Gasteiger partial charge on any atom is 0.405 e. The van der Waals surface area contributed by atoms with Crippen LogP contribution in [0.3, 0.4) is 0 Å². The van der Waals surface area contributed by atoms with E-state index in [1.807, 2.05) is 54.8 Å². The lowest BCUT2D eigenvalue weighted by molar-refractivity contribution is -0.118. The molecule has 3 N–H and O–H groups in total. The van der Waals surface area contributed by atoms with Crippen LogP contribution in [0, 0.1) is 0 Å². The van der Waals surface area contributed by atoms with Gasteiger partial charge in [-0.05, 0) is 132 Å². The van der Waals surface area contributed by atoms with Gasteiger partial charge >= 0.3 is 12.4 Å². The van der Waals surface area contributed by atoms with Crippen molar-refractivity contribution < 1.29 is 59.0 Å². The first kappa shape index (κ1) is 71.1. The van der Waals surface area contributed by atoms with E-state index in [0.29, 0.717) is 83.6 Å². The Bertz CT molecular complexity index is 4970. The molecule has 0 fully saturated rings. The van der Waals surface area contributed by atoms with Crippen LogP contribution < -0.4 is 56.1 Å². The first-order valence-electron chi connectivity index (χ1n) is 29.1. The van der Waals surface area contributed by atoms with E-state index < -0.39 is 41.8 Å². The third-order valence-electron chi connectivity index (χ3n) is 14.5. The van der Waals surface area contributed by atoms with Crippen LogP contribution in [0.4, 0.5) is 32.3 Å². The SMILES string of the molecule is COc1ccc(-c2c(=O)n(-c3ccc(OC)cc3)cc3cnc(NCC(F)(F)F)nc23)cc1.COc1ccc(-c2c(=O)n(-c3ccc(OC)cc3)cc3cnc(S(C)=O)nc23)cc1.COc1ccc(-c2c(=O)n(-c3ccc(OC)cc3)cc3cnc(SC)nc23)cc1.NCC(F)(F)F. The van der Waals surface area contributed by atoms with E-state index in [4.69, 9.17) is 28.4 Å². The van der Waals surface area contributed by atoms with Gasteiger partial charge in [0.1, 0.15) is 41.0 Å². The molecule has 6 aromatic carbocycles. The van der Waals surface area contributed by atoms with Gasteiger partial charge in [0.25, 0.3) is 16.7 Å². The highest BCUT2D eigenvalue weighted by molar-refractivity contribution is 7.98. The number of benzene rings is 6. The van der Waals surface area contributed by atoms with E-state index in [1.54, 1.807) is 173 Å². The van der Waals surface area contributed by atoms with E-state index >= 15 is 0 Å². The Kier molecular flexibility index (Phi) is 22.9. The van der Waals surface area contributed by atoms with Gasteiger partial charge < -0.3 is 39.5 Å². The van der Waals surface area contributed by atoms with Crippen LogP contribution in [0.2, 0.25) is 0 Å². The summed E-state index contributed by atoms with van der Waals surface area (Å²) in [6.07, 6.45) is 4.54. The van der Waals surface area contributed by atoms with Crippen LogP contribution in [0.1, 0.15) is 0 Å². The summed E-state index contributed by atoms with van der Waals surface area (Å²) >= 11 is 1.44. The van der Waals surface area contributed by atoms with E-state index in [1.165, 1.54) is 35.9 Å². The van der Waals surface area contributed by atoms with Crippen molar-refractivity contribution in [1.29, 1.82) is 0 Å². The van der Waals surface area contributed by atoms with Crippen LogP contribution >= 0.6 is 11.8 Å². The highest BCUT2D eigenvalue weighted by atomic mass is 32.2. The smallest absolute Gasteiger partial charge is 0.405 e. The predicted octanol–water partition coefficient (Wildman–Crippen LogP) is 12.3. The molecule has 12 rings (SSSR count). The van der Waals surface area contributed by atoms with Gasteiger partial charge in [0.15, 0.2) is 5.16 Å². The molecule has 1 atom stereocenters. The normalized spacial score (nSPS) is 11.5. The number of nitrogens with one attached hydrogen (secondary N) is 1. The number of aromatic nitrogens is 9. The summed E-state index contributed by atoms with van der Waals surface area (Å²) in [6.45, 7) is -2.52. The number of hydrogen-bond donors (Lipinski definition) is 2. The Morgan fingerprint density at radius 3 is 1.04 bits per heavy atom. The summed E-state index contributed by atoms with van der Waals surface area (Å²) in [4.78, 5) is 66.5. The number of nitrogens with two attached hydrogens (primary N) is 1. The van der Waals surface area contributed by atoms with Crippen molar-refractivity contribution in [2.75, 3.05) is 73.6 Å². The van der Waals surface area contributed by atoms with Crippen molar-refractivity contribution in [2.45, 2.75) is 22.7 Å². The van der Waals surface area contributed by atoms with Crippen molar-refractivity contribution >= 4 is 61.2 Å². The molecule has 0 aliphatic heterocycles. The lowest BCUT2D eigenvalue weighted by atomic mass is 10.0. The topological polar surface area (TPSA) is 254 Å². The summed E-state index contributed by atoms with van der Waals surface area (Å²) in [7, 11) is 8.09. The van der Waals surface area contributed by atoms with E-state index in [-0.39, 0.29) is 33.3 Å². The number of alkyl halides is 6. The second kappa shape index (κ2) is 31.6. The maximum absolute atomic E-state index is 13.6. The summed E-state index contributed by atoms with van der Waals surface area (Å²) in [5.74, 6) is 3.83. The lowest BCUT2D eigenvalue weighted by Crippen LogP contribution is -2.23. The molecule has 0 aliphatic rings. The molecule has 0 amide bonds. The molecule has 0 spiro atoms. The molecule has 1 unspecified atom stereocenters. The second-order valence-electron chi connectivity index (χ2n) is 20.7. The van der Waals surface area contributed by atoms with E-state index in [0.717, 1.165) is 28.1 Å². The lowest BCUT2D eigenvalue weighted by Gasteiger charge is -2.14. The Morgan fingerprint density at radius 2 is 0.745 bits per heavy atom. The predicted molar refractivity (Wildman–Crippen MR) is 365 cm³/mol. The highest BCUT2D eigenvalue weighted by Crippen LogP contribution is 2.32. The van der Waals surface area contributed by atoms with Crippen molar-refractivity contribution in [3.63, 3.8) is 0 Å². The average Bonchev–Trinajstić information content (AvgIpc) is 0.775. The monoisotopic (exact) mass is 1380 g/mol. The maximum atomic E-state index is 13.6. The van der Waals surface area contributed by atoms with Gasteiger partial charge in [0.05, 0.1) is 93.2 Å². The minimum atomic E-state index is -4.44. The molecule has 0 aliphatic carbocycles. The van der Waals surface area contributed by atoms with E-state index in [9.17, 15) is 44.9 Å². The van der Waals surface area contributed by atoms with Crippen LogP contribution in [0.25, 0.3) is 83.2 Å². The standard InChI is InChI=1S/C23H19F3N4O3.C22H19N3O4S.C22H19N3O3S.C2H4F3N/c1-32-17-7-3-14(4-8-17)19-20-15(11-27-22(29-20)28-13-23(24,25)26)12-30(21(19)31)16-5-9-18(33-2)10-6-16;1-28-17-8-4-14(5-9-17)19-20-15(12-23-22(24-20)30(3)27)13-25(21(19)26)16-6-10-18(29-2)11-7-16;1-27-17-8-4-14(5-9-17)19-20-15(12-23-22(24-20)29-3)13-25(21(19)26)16-6-10-18(28-2)11-7-16;3-2(4,5)1-6/h3-12H,13H2,1-2H3,(H,28,29);4-13H,1-3H3;4-13H,1-3H3;1,6H2. The summed E-state index contributed by atoms with van der Waals surface area (Å²) in [5.41, 5.74) is 9.85.